The van der Waals surface area contributed by atoms with E-state index in [-0.39, 0.29) is 17.6 Å². The van der Waals surface area contributed by atoms with Crippen LogP contribution in [0.4, 0.5) is 0 Å². The van der Waals surface area contributed by atoms with Gasteiger partial charge in [-0.05, 0) is 17.4 Å². The fourth-order valence-electron chi connectivity index (χ4n) is 1.99. The largest absolute Gasteiger partial charge is 0.371 e. The van der Waals surface area contributed by atoms with Crippen LogP contribution < -0.4 is 5.73 Å². The summed E-state index contributed by atoms with van der Waals surface area (Å²) in [7, 11) is 0. The molecule has 0 bridgehead atoms. The minimum atomic E-state index is 0.0736. The first-order chi connectivity index (χ1) is 7.95. The highest BCUT2D eigenvalue weighted by atomic mass is 16.5. The maximum Gasteiger partial charge on any atom is 0.0778 e. The first-order valence-corrected chi connectivity index (χ1v) is 6.36. The van der Waals surface area contributed by atoms with Crippen LogP contribution in [-0.4, -0.2) is 12.1 Å². The summed E-state index contributed by atoms with van der Waals surface area (Å²) in [6.07, 6.45) is 1.03. The summed E-state index contributed by atoms with van der Waals surface area (Å²) in [5, 5.41) is 0. The molecule has 2 unspecified atom stereocenters. The second-order valence-electron chi connectivity index (χ2n) is 5.66. The molecule has 2 atom stereocenters. The highest BCUT2D eigenvalue weighted by Crippen LogP contribution is 2.26. The minimum absolute atomic E-state index is 0.0736. The molecule has 0 saturated heterocycles. The van der Waals surface area contributed by atoms with Gasteiger partial charge in [0, 0.05) is 6.04 Å². The van der Waals surface area contributed by atoms with E-state index in [1.54, 1.807) is 0 Å². The van der Waals surface area contributed by atoms with Crippen molar-refractivity contribution in [3.63, 3.8) is 0 Å². The van der Waals surface area contributed by atoms with E-state index in [4.69, 9.17) is 10.5 Å². The average molecular weight is 235 g/mol. The standard InChI is InChI=1S/C15H25NO/c1-5-13(16)14(15(2,3)4)17-11-12-9-7-6-8-10-12/h6-10,13-14H,5,11,16H2,1-4H3. The fraction of sp³-hybridized carbons (Fsp3) is 0.600. The van der Waals surface area contributed by atoms with Crippen LogP contribution in [0.3, 0.4) is 0 Å². The van der Waals surface area contributed by atoms with Crippen molar-refractivity contribution in [1.29, 1.82) is 0 Å². The maximum absolute atomic E-state index is 6.14. The van der Waals surface area contributed by atoms with Gasteiger partial charge < -0.3 is 10.5 Å². The summed E-state index contributed by atoms with van der Waals surface area (Å²) in [6, 6.07) is 10.3. The highest BCUT2D eigenvalue weighted by Gasteiger charge is 2.30. The molecular formula is C15H25NO. The zero-order chi connectivity index (χ0) is 12.9. The molecule has 96 valence electrons. The fourth-order valence-corrected chi connectivity index (χ4v) is 1.99. The Labute approximate surface area is 105 Å². The molecule has 0 aliphatic heterocycles. The molecule has 2 nitrogen and oxygen atoms in total. The van der Waals surface area contributed by atoms with Gasteiger partial charge in [-0.1, -0.05) is 58.0 Å². The number of ether oxygens (including phenoxy) is 1. The number of rotatable bonds is 5. The normalized spacial score (nSPS) is 15.6. The van der Waals surface area contributed by atoms with E-state index in [0.717, 1.165) is 6.42 Å². The molecule has 2 heteroatoms. The van der Waals surface area contributed by atoms with E-state index in [1.807, 2.05) is 18.2 Å². The topological polar surface area (TPSA) is 35.2 Å². The first kappa shape index (κ1) is 14.2. The van der Waals surface area contributed by atoms with E-state index < -0.39 is 0 Å². The lowest BCUT2D eigenvalue weighted by molar-refractivity contribution is -0.0439. The van der Waals surface area contributed by atoms with Crippen LogP contribution in [0.5, 0.6) is 0 Å². The third kappa shape index (κ3) is 4.49. The molecule has 0 amide bonds. The van der Waals surface area contributed by atoms with E-state index in [0.29, 0.717) is 6.61 Å². The van der Waals surface area contributed by atoms with Crippen LogP contribution in [0.15, 0.2) is 30.3 Å². The monoisotopic (exact) mass is 235 g/mol. The van der Waals surface area contributed by atoms with E-state index in [9.17, 15) is 0 Å². The van der Waals surface area contributed by atoms with Gasteiger partial charge >= 0.3 is 0 Å². The average Bonchev–Trinajstić information content (AvgIpc) is 2.28. The molecule has 0 spiro atoms. The molecule has 0 saturated carbocycles. The summed E-state index contributed by atoms with van der Waals surface area (Å²) in [6.45, 7) is 9.28. The van der Waals surface area contributed by atoms with Crippen molar-refractivity contribution < 1.29 is 4.74 Å². The van der Waals surface area contributed by atoms with Crippen LogP contribution >= 0.6 is 0 Å². The van der Waals surface area contributed by atoms with Crippen LogP contribution in [0, 0.1) is 5.41 Å². The first-order valence-electron chi connectivity index (χ1n) is 6.36. The Balaban J connectivity index is 2.62. The zero-order valence-electron chi connectivity index (χ0n) is 11.4. The van der Waals surface area contributed by atoms with E-state index in [2.05, 4.69) is 39.8 Å². The Hall–Kier alpha value is -0.860. The molecule has 1 aromatic rings. The van der Waals surface area contributed by atoms with Crippen LogP contribution in [0.1, 0.15) is 39.7 Å². The van der Waals surface area contributed by atoms with E-state index >= 15 is 0 Å². The van der Waals surface area contributed by atoms with Crippen molar-refractivity contribution in [2.45, 2.75) is 52.9 Å². The molecule has 2 N–H and O–H groups in total. The highest BCUT2D eigenvalue weighted by molar-refractivity contribution is 5.13. The summed E-state index contributed by atoms with van der Waals surface area (Å²) in [5.74, 6) is 0. The van der Waals surface area contributed by atoms with Crippen molar-refractivity contribution in [3.05, 3.63) is 35.9 Å². The third-order valence-electron chi connectivity index (χ3n) is 2.99. The SMILES string of the molecule is CCC(N)C(OCc1ccccc1)C(C)(C)C. The summed E-state index contributed by atoms with van der Waals surface area (Å²) < 4.78 is 6.02. The van der Waals surface area contributed by atoms with Gasteiger partial charge in [0.1, 0.15) is 0 Å². The Morgan fingerprint density at radius 3 is 2.24 bits per heavy atom. The summed E-state index contributed by atoms with van der Waals surface area (Å²) in [4.78, 5) is 0. The predicted octanol–water partition coefficient (Wildman–Crippen LogP) is 3.36. The quantitative estimate of drug-likeness (QED) is 0.849. The Kier molecular flexibility index (Phi) is 5.16. The van der Waals surface area contributed by atoms with Crippen molar-refractivity contribution >= 4 is 0 Å². The van der Waals surface area contributed by atoms with Gasteiger partial charge in [-0.25, -0.2) is 0 Å². The van der Waals surface area contributed by atoms with Gasteiger partial charge in [0.2, 0.25) is 0 Å². The lowest BCUT2D eigenvalue weighted by atomic mass is 9.84. The molecule has 0 radical (unpaired) electrons. The molecule has 17 heavy (non-hydrogen) atoms. The molecule has 0 aliphatic rings. The van der Waals surface area contributed by atoms with Gasteiger partial charge in [0.05, 0.1) is 12.7 Å². The second-order valence-corrected chi connectivity index (χ2v) is 5.66. The van der Waals surface area contributed by atoms with Crippen molar-refractivity contribution in [2.75, 3.05) is 0 Å². The second kappa shape index (κ2) is 6.18. The Bertz CT molecular complexity index is 315. The Morgan fingerprint density at radius 2 is 1.76 bits per heavy atom. The number of hydrogen-bond acceptors (Lipinski definition) is 2. The van der Waals surface area contributed by atoms with Gasteiger partial charge in [-0.15, -0.1) is 0 Å². The Morgan fingerprint density at radius 1 is 1.18 bits per heavy atom. The molecule has 0 fully saturated rings. The lowest BCUT2D eigenvalue weighted by Crippen LogP contribution is -2.44. The molecule has 0 heterocycles. The summed E-state index contributed by atoms with van der Waals surface area (Å²) >= 11 is 0. The lowest BCUT2D eigenvalue weighted by Gasteiger charge is -2.34. The van der Waals surface area contributed by atoms with Crippen molar-refractivity contribution in [1.82, 2.24) is 0 Å². The van der Waals surface area contributed by atoms with Crippen LogP contribution in [0.2, 0.25) is 0 Å². The smallest absolute Gasteiger partial charge is 0.0778 e. The van der Waals surface area contributed by atoms with Crippen molar-refractivity contribution in [2.24, 2.45) is 11.1 Å². The summed E-state index contributed by atoms with van der Waals surface area (Å²) in [5.41, 5.74) is 7.42. The predicted molar refractivity (Wildman–Crippen MR) is 72.7 cm³/mol. The molecule has 0 aromatic heterocycles. The van der Waals surface area contributed by atoms with Gasteiger partial charge in [-0.2, -0.15) is 0 Å². The number of nitrogens with two attached hydrogens (primary N) is 1. The van der Waals surface area contributed by atoms with Gasteiger partial charge in [0.15, 0.2) is 0 Å². The third-order valence-corrected chi connectivity index (χ3v) is 2.99. The molecule has 1 rings (SSSR count). The molecule has 0 aliphatic carbocycles. The number of benzene rings is 1. The van der Waals surface area contributed by atoms with Gasteiger partial charge in [0.25, 0.3) is 0 Å². The zero-order valence-corrected chi connectivity index (χ0v) is 11.4. The van der Waals surface area contributed by atoms with Crippen LogP contribution in [-0.2, 0) is 11.3 Å². The van der Waals surface area contributed by atoms with E-state index in [1.165, 1.54) is 5.56 Å². The number of hydrogen-bond donors (Lipinski definition) is 1. The minimum Gasteiger partial charge on any atom is -0.371 e. The van der Waals surface area contributed by atoms with Crippen LogP contribution in [0.25, 0.3) is 0 Å². The van der Waals surface area contributed by atoms with Crippen molar-refractivity contribution in [3.8, 4) is 0 Å². The molecular weight excluding hydrogens is 210 g/mol. The van der Waals surface area contributed by atoms with Gasteiger partial charge in [-0.3, -0.25) is 0 Å². The maximum atomic E-state index is 6.14. The molecule has 1 aromatic carbocycles.